The van der Waals surface area contributed by atoms with E-state index in [1.807, 2.05) is 80.6 Å². The molecule has 7 nitrogen and oxygen atoms in total. The monoisotopic (exact) mass is 623 g/mol. The first-order chi connectivity index (χ1) is 21.7. The number of carbonyl (C=O) groups is 2. The molecule has 4 aromatic rings. The molecule has 5 rings (SSSR count). The van der Waals surface area contributed by atoms with E-state index in [9.17, 15) is 18.0 Å². The molecule has 1 aliphatic carbocycles. The normalized spacial score (nSPS) is 14.1. The first-order valence-electron chi connectivity index (χ1n) is 15.5. The van der Waals surface area contributed by atoms with Crippen molar-refractivity contribution in [3.05, 3.63) is 131 Å². The second-order valence-electron chi connectivity index (χ2n) is 11.9. The van der Waals surface area contributed by atoms with Crippen molar-refractivity contribution >= 4 is 27.5 Å². The third-order valence-electron chi connectivity index (χ3n) is 8.27. The van der Waals surface area contributed by atoms with Gasteiger partial charge < -0.3 is 10.2 Å². The van der Waals surface area contributed by atoms with Crippen molar-refractivity contribution in [2.75, 3.05) is 10.8 Å². The number of rotatable bonds is 12. The minimum atomic E-state index is -4.13. The highest BCUT2D eigenvalue weighted by Gasteiger charge is 2.35. The predicted molar refractivity (Wildman–Crippen MR) is 178 cm³/mol. The van der Waals surface area contributed by atoms with Crippen LogP contribution in [0, 0.1) is 13.8 Å². The standard InChI is InChI=1S/C37H41N3O4S/c1-28-22-29(2)24-33(23-28)40(45(43,44)34-20-10-5-11-21-34)27-36(41)39(26-31-16-8-4-9-17-31)35(25-30-14-6-3-7-15-30)37(42)38-32-18-12-13-19-32/h3-11,14-17,20-24,32,35H,12-13,18-19,25-27H2,1-2H3,(H,38,42). The lowest BCUT2D eigenvalue weighted by Gasteiger charge is -2.34. The van der Waals surface area contributed by atoms with E-state index in [1.54, 1.807) is 35.2 Å². The number of nitrogens with one attached hydrogen (secondary N) is 1. The molecule has 0 radical (unpaired) electrons. The highest BCUT2D eigenvalue weighted by atomic mass is 32.2. The van der Waals surface area contributed by atoms with Crippen LogP contribution in [0.25, 0.3) is 0 Å². The molecule has 1 atom stereocenters. The van der Waals surface area contributed by atoms with Crippen LogP contribution in [-0.2, 0) is 32.6 Å². The second kappa shape index (κ2) is 14.6. The van der Waals surface area contributed by atoms with Crippen molar-refractivity contribution in [2.24, 2.45) is 0 Å². The zero-order chi connectivity index (χ0) is 31.8. The molecule has 1 aliphatic rings. The summed E-state index contributed by atoms with van der Waals surface area (Å²) in [5, 5.41) is 3.21. The van der Waals surface area contributed by atoms with Crippen molar-refractivity contribution in [2.45, 2.75) is 69.5 Å². The van der Waals surface area contributed by atoms with Gasteiger partial charge in [-0.25, -0.2) is 8.42 Å². The Kier molecular flexibility index (Phi) is 10.4. The van der Waals surface area contributed by atoms with Gasteiger partial charge in [-0.15, -0.1) is 0 Å². The number of amides is 2. The van der Waals surface area contributed by atoms with E-state index in [1.165, 1.54) is 16.4 Å². The Bertz CT molecular complexity index is 1670. The van der Waals surface area contributed by atoms with Gasteiger partial charge in [0.2, 0.25) is 11.8 Å². The van der Waals surface area contributed by atoms with Gasteiger partial charge in [-0.1, -0.05) is 97.8 Å². The quantitative estimate of drug-likeness (QED) is 0.204. The Morgan fingerprint density at radius 1 is 0.778 bits per heavy atom. The van der Waals surface area contributed by atoms with E-state index in [2.05, 4.69) is 5.32 Å². The minimum absolute atomic E-state index is 0.0645. The highest BCUT2D eigenvalue weighted by molar-refractivity contribution is 7.92. The van der Waals surface area contributed by atoms with Gasteiger partial charge in [-0.05, 0) is 73.2 Å². The lowest BCUT2D eigenvalue weighted by atomic mass is 10.0. The Morgan fingerprint density at radius 3 is 1.89 bits per heavy atom. The third kappa shape index (κ3) is 8.19. The lowest BCUT2D eigenvalue weighted by molar-refractivity contribution is -0.140. The maximum Gasteiger partial charge on any atom is 0.264 e. The van der Waals surface area contributed by atoms with Crippen LogP contribution in [0.15, 0.2) is 114 Å². The van der Waals surface area contributed by atoms with Gasteiger partial charge in [0, 0.05) is 19.0 Å². The number of sulfonamides is 1. The summed E-state index contributed by atoms with van der Waals surface area (Å²) in [5.74, 6) is -0.682. The summed E-state index contributed by atoms with van der Waals surface area (Å²) in [6.07, 6.45) is 4.23. The topological polar surface area (TPSA) is 86.8 Å². The van der Waals surface area contributed by atoms with Crippen molar-refractivity contribution in [1.29, 1.82) is 0 Å². The minimum Gasteiger partial charge on any atom is -0.352 e. The van der Waals surface area contributed by atoms with Crippen LogP contribution in [0.2, 0.25) is 0 Å². The fourth-order valence-electron chi connectivity index (χ4n) is 6.04. The molecule has 1 N–H and O–H groups in total. The van der Waals surface area contributed by atoms with E-state index in [-0.39, 0.29) is 23.4 Å². The molecule has 0 bridgehead atoms. The Hall–Kier alpha value is -4.43. The molecule has 4 aromatic carbocycles. The summed E-state index contributed by atoms with van der Waals surface area (Å²) in [5.41, 5.74) is 3.92. The number of aryl methyl sites for hydroxylation is 2. The SMILES string of the molecule is Cc1cc(C)cc(N(CC(=O)N(Cc2ccccc2)C(Cc2ccccc2)C(=O)NC2CCCC2)S(=O)(=O)c2ccccc2)c1. The maximum atomic E-state index is 14.6. The van der Waals surface area contributed by atoms with Gasteiger partial charge >= 0.3 is 0 Å². The largest absolute Gasteiger partial charge is 0.352 e. The molecule has 1 unspecified atom stereocenters. The van der Waals surface area contributed by atoms with Crippen molar-refractivity contribution in [3.8, 4) is 0 Å². The van der Waals surface area contributed by atoms with Crippen molar-refractivity contribution in [3.63, 3.8) is 0 Å². The third-order valence-corrected chi connectivity index (χ3v) is 10.1. The smallest absolute Gasteiger partial charge is 0.264 e. The number of hydrogen-bond donors (Lipinski definition) is 1. The summed E-state index contributed by atoms with van der Waals surface area (Å²) >= 11 is 0. The van der Waals surface area contributed by atoms with Gasteiger partial charge in [0.25, 0.3) is 10.0 Å². The average molecular weight is 624 g/mol. The van der Waals surface area contributed by atoms with E-state index in [0.717, 1.165) is 47.9 Å². The molecule has 0 aliphatic heterocycles. The molecule has 0 aromatic heterocycles. The zero-order valence-electron chi connectivity index (χ0n) is 25.9. The van der Waals surface area contributed by atoms with Crippen molar-refractivity contribution in [1.82, 2.24) is 10.2 Å². The van der Waals surface area contributed by atoms with Crippen molar-refractivity contribution < 1.29 is 18.0 Å². The second-order valence-corrected chi connectivity index (χ2v) is 13.7. The summed E-state index contributed by atoms with van der Waals surface area (Å²) in [7, 11) is -4.13. The zero-order valence-corrected chi connectivity index (χ0v) is 26.7. The number of anilines is 1. The van der Waals surface area contributed by atoms with Crippen LogP contribution in [0.1, 0.15) is 47.9 Å². The van der Waals surface area contributed by atoms with Crippen LogP contribution >= 0.6 is 0 Å². The van der Waals surface area contributed by atoms with Gasteiger partial charge in [0.05, 0.1) is 10.6 Å². The fraction of sp³-hybridized carbons (Fsp3) is 0.297. The molecule has 1 fully saturated rings. The first kappa shape index (κ1) is 32.0. The predicted octanol–water partition coefficient (Wildman–Crippen LogP) is 6.20. The molecule has 45 heavy (non-hydrogen) atoms. The Balaban J connectivity index is 1.56. The van der Waals surface area contributed by atoms with Crippen LogP contribution < -0.4 is 9.62 Å². The summed E-state index contributed by atoms with van der Waals surface area (Å²) in [6.45, 7) is 3.49. The summed E-state index contributed by atoms with van der Waals surface area (Å²) < 4.78 is 29.5. The van der Waals surface area contributed by atoms with Gasteiger partial charge in [0.1, 0.15) is 12.6 Å². The van der Waals surface area contributed by atoms with Gasteiger partial charge in [-0.3, -0.25) is 13.9 Å². The first-order valence-corrected chi connectivity index (χ1v) is 17.0. The molecule has 2 amide bonds. The molecular formula is C37H41N3O4S. The Morgan fingerprint density at radius 2 is 1.31 bits per heavy atom. The van der Waals surface area contributed by atoms with Crippen LogP contribution in [0.5, 0.6) is 0 Å². The number of nitrogens with zero attached hydrogens (tertiary/aromatic N) is 2. The lowest BCUT2D eigenvalue weighted by Crippen LogP contribution is -2.54. The molecule has 234 valence electrons. The number of carbonyl (C=O) groups excluding carboxylic acids is 2. The van der Waals surface area contributed by atoms with Crippen LogP contribution in [0.3, 0.4) is 0 Å². The molecule has 8 heteroatoms. The van der Waals surface area contributed by atoms with Gasteiger partial charge in [-0.2, -0.15) is 0 Å². The molecule has 0 heterocycles. The van der Waals surface area contributed by atoms with Gasteiger partial charge in [0.15, 0.2) is 0 Å². The molecular weight excluding hydrogens is 582 g/mol. The van der Waals surface area contributed by atoms with E-state index < -0.39 is 28.5 Å². The highest BCUT2D eigenvalue weighted by Crippen LogP contribution is 2.27. The molecule has 0 spiro atoms. The van der Waals surface area contributed by atoms with Crippen LogP contribution in [0.4, 0.5) is 5.69 Å². The fourth-order valence-corrected chi connectivity index (χ4v) is 7.46. The molecule has 1 saturated carbocycles. The maximum absolute atomic E-state index is 14.6. The Labute approximate surface area is 266 Å². The van der Waals surface area contributed by atoms with E-state index >= 15 is 0 Å². The van der Waals surface area contributed by atoms with E-state index in [4.69, 9.17) is 0 Å². The van der Waals surface area contributed by atoms with E-state index in [0.29, 0.717) is 12.1 Å². The molecule has 0 saturated heterocycles. The average Bonchev–Trinajstić information content (AvgIpc) is 3.55. The summed E-state index contributed by atoms with van der Waals surface area (Å²) in [4.78, 5) is 30.3. The summed E-state index contributed by atoms with van der Waals surface area (Å²) in [6, 6.07) is 32.0. The van der Waals surface area contributed by atoms with Crippen LogP contribution in [-0.4, -0.2) is 43.8 Å². The number of benzene rings is 4. The number of hydrogen-bond acceptors (Lipinski definition) is 4.